The molecule has 19 heavy (non-hydrogen) atoms. The van der Waals surface area contributed by atoms with Crippen LogP contribution in [-0.4, -0.2) is 16.1 Å². The Labute approximate surface area is 116 Å². The zero-order valence-electron chi connectivity index (χ0n) is 10.6. The molecule has 2 N–H and O–H groups in total. The number of para-hydroxylation sites is 1. The van der Waals surface area contributed by atoms with Gasteiger partial charge in [0.1, 0.15) is 10.7 Å². The van der Waals surface area contributed by atoms with E-state index in [9.17, 15) is 9.90 Å². The summed E-state index contributed by atoms with van der Waals surface area (Å²) in [6.45, 7) is 3.68. The molecular formula is C14H13ClN2O2. The zero-order valence-corrected chi connectivity index (χ0v) is 11.3. The van der Waals surface area contributed by atoms with Crippen LogP contribution in [0.1, 0.15) is 21.5 Å². The van der Waals surface area contributed by atoms with Gasteiger partial charge < -0.3 is 10.4 Å². The lowest BCUT2D eigenvalue weighted by Gasteiger charge is -2.14. The van der Waals surface area contributed by atoms with E-state index in [4.69, 9.17) is 11.6 Å². The Kier molecular flexibility index (Phi) is 3.71. The second-order valence-corrected chi connectivity index (χ2v) is 4.57. The molecule has 2 aromatic rings. The van der Waals surface area contributed by atoms with Crippen LogP contribution < -0.4 is 5.32 Å². The number of halogens is 1. The number of benzene rings is 1. The summed E-state index contributed by atoms with van der Waals surface area (Å²) >= 11 is 5.95. The van der Waals surface area contributed by atoms with Crippen LogP contribution in [0.4, 0.5) is 11.4 Å². The van der Waals surface area contributed by atoms with Crippen LogP contribution in [0.15, 0.2) is 30.5 Å². The summed E-state index contributed by atoms with van der Waals surface area (Å²) in [5, 5.41) is 12.6. The van der Waals surface area contributed by atoms with Crippen LogP contribution in [0.3, 0.4) is 0 Å². The molecule has 0 aliphatic carbocycles. The predicted molar refractivity (Wildman–Crippen MR) is 75.4 cm³/mol. The number of pyridine rings is 1. The lowest BCUT2D eigenvalue weighted by Crippen LogP contribution is -2.06. The number of nitrogens with one attached hydrogen (secondary N) is 1. The van der Waals surface area contributed by atoms with Gasteiger partial charge in [-0.3, -0.25) is 0 Å². The highest BCUT2D eigenvalue weighted by molar-refractivity contribution is 6.30. The third-order valence-corrected chi connectivity index (χ3v) is 3.28. The number of aromatic carboxylic acids is 1. The highest BCUT2D eigenvalue weighted by Gasteiger charge is 2.16. The molecule has 0 atom stereocenters. The smallest absolute Gasteiger partial charge is 0.339 e. The van der Waals surface area contributed by atoms with Crippen molar-refractivity contribution < 1.29 is 9.90 Å². The van der Waals surface area contributed by atoms with Crippen LogP contribution in [0, 0.1) is 13.8 Å². The summed E-state index contributed by atoms with van der Waals surface area (Å²) < 4.78 is 0. The number of anilines is 2. The summed E-state index contributed by atoms with van der Waals surface area (Å²) in [5.74, 6) is -1.04. The molecule has 0 aliphatic heterocycles. The average Bonchev–Trinajstić information content (AvgIpc) is 2.37. The first-order valence-electron chi connectivity index (χ1n) is 5.71. The van der Waals surface area contributed by atoms with Gasteiger partial charge in [0.15, 0.2) is 0 Å². The first-order valence-corrected chi connectivity index (χ1v) is 6.09. The highest BCUT2D eigenvalue weighted by Crippen LogP contribution is 2.29. The van der Waals surface area contributed by atoms with E-state index >= 15 is 0 Å². The third-order valence-electron chi connectivity index (χ3n) is 2.90. The number of hydrogen-bond donors (Lipinski definition) is 2. The van der Waals surface area contributed by atoms with E-state index in [-0.39, 0.29) is 5.56 Å². The van der Waals surface area contributed by atoms with Gasteiger partial charge in [-0.2, -0.15) is 0 Å². The number of aromatic nitrogens is 1. The number of rotatable bonds is 3. The van der Waals surface area contributed by atoms with Gasteiger partial charge in [0.05, 0.1) is 5.69 Å². The number of carboxylic acid groups (broad SMARTS) is 1. The van der Waals surface area contributed by atoms with Crippen molar-refractivity contribution in [1.82, 2.24) is 4.98 Å². The molecule has 0 saturated heterocycles. The SMILES string of the molecule is Cc1ccccc1Nc1c(C(=O)O)cnc(Cl)c1C. The molecule has 0 aliphatic rings. The molecule has 0 fully saturated rings. The van der Waals surface area contributed by atoms with Crippen molar-refractivity contribution in [3.63, 3.8) is 0 Å². The van der Waals surface area contributed by atoms with E-state index in [0.717, 1.165) is 11.3 Å². The topological polar surface area (TPSA) is 62.2 Å². The molecule has 5 heteroatoms. The quantitative estimate of drug-likeness (QED) is 0.837. The number of carbonyl (C=O) groups is 1. The third kappa shape index (κ3) is 2.69. The molecule has 1 aromatic carbocycles. The largest absolute Gasteiger partial charge is 0.478 e. The van der Waals surface area contributed by atoms with Crippen LogP contribution in [0.2, 0.25) is 5.15 Å². The van der Waals surface area contributed by atoms with Crippen molar-refractivity contribution >= 4 is 28.9 Å². The predicted octanol–water partition coefficient (Wildman–Crippen LogP) is 3.79. The maximum atomic E-state index is 11.2. The molecule has 0 bridgehead atoms. The molecule has 4 nitrogen and oxygen atoms in total. The summed E-state index contributed by atoms with van der Waals surface area (Å²) in [5.41, 5.74) is 3.05. The second kappa shape index (κ2) is 5.28. The van der Waals surface area contributed by atoms with Crippen LogP contribution in [-0.2, 0) is 0 Å². The van der Waals surface area contributed by atoms with E-state index in [0.29, 0.717) is 16.4 Å². The Bertz CT molecular complexity index is 641. The Hall–Kier alpha value is -2.07. The maximum Gasteiger partial charge on any atom is 0.339 e. The molecular weight excluding hydrogens is 264 g/mol. The summed E-state index contributed by atoms with van der Waals surface area (Å²) in [6.07, 6.45) is 1.26. The molecule has 0 unspecified atom stereocenters. The first-order chi connectivity index (χ1) is 9.00. The van der Waals surface area contributed by atoms with Crippen LogP contribution in [0.25, 0.3) is 0 Å². The van der Waals surface area contributed by atoms with Crippen LogP contribution in [0.5, 0.6) is 0 Å². The Morgan fingerprint density at radius 2 is 2.00 bits per heavy atom. The van der Waals surface area contributed by atoms with Crippen molar-refractivity contribution in [3.8, 4) is 0 Å². The van der Waals surface area contributed by atoms with E-state index in [1.807, 2.05) is 31.2 Å². The monoisotopic (exact) mass is 276 g/mol. The zero-order chi connectivity index (χ0) is 14.0. The lowest BCUT2D eigenvalue weighted by atomic mass is 10.1. The fourth-order valence-corrected chi connectivity index (χ4v) is 1.90. The molecule has 1 heterocycles. The number of nitrogens with zero attached hydrogens (tertiary/aromatic N) is 1. The van der Waals surface area contributed by atoms with Crippen molar-refractivity contribution in [2.24, 2.45) is 0 Å². The van der Waals surface area contributed by atoms with Crippen molar-refractivity contribution in [2.75, 3.05) is 5.32 Å². The first kappa shape index (κ1) is 13.4. The minimum Gasteiger partial charge on any atom is -0.478 e. The van der Waals surface area contributed by atoms with Gasteiger partial charge in [-0.1, -0.05) is 29.8 Å². The molecule has 0 amide bonds. The fourth-order valence-electron chi connectivity index (χ4n) is 1.76. The van der Waals surface area contributed by atoms with Gasteiger partial charge in [-0.15, -0.1) is 0 Å². The minimum atomic E-state index is -1.04. The average molecular weight is 277 g/mol. The Balaban J connectivity index is 2.53. The molecule has 0 saturated carbocycles. The van der Waals surface area contributed by atoms with Gasteiger partial charge in [0.2, 0.25) is 0 Å². The summed E-state index contributed by atoms with van der Waals surface area (Å²) in [4.78, 5) is 15.1. The molecule has 1 aromatic heterocycles. The molecule has 0 spiro atoms. The maximum absolute atomic E-state index is 11.2. The van der Waals surface area contributed by atoms with E-state index in [1.54, 1.807) is 6.92 Å². The molecule has 98 valence electrons. The normalized spacial score (nSPS) is 10.3. The van der Waals surface area contributed by atoms with Gasteiger partial charge in [0.25, 0.3) is 0 Å². The van der Waals surface area contributed by atoms with E-state index in [2.05, 4.69) is 10.3 Å². The van der Waals surface area contributed by atoms with Crippen molar-refractivity contribution in [1.29, 1.82) is 0 Å². The van der Waals surface area contributed by atoms with E-state index < -0.39 is 5.97 Å². The Morgan fingerprint density at radius 1 is 1.32 bits per heavy atom. The number of carboxylic acids is 1. The molecule has 2 rings (SSSR count). The van der Waals surface area contributed by atoms with E-state index in [1.165, 1.54) is 6.20 Å². The Morgan fingerprint density at radius 3 is 2.63 bits per heavy atom. The lowest BCUT2D eigenvalue weighted by molar-refractivity contribution is 0.0697. The van der Waals surface area contributed by atoms with Gasteiger partial charge >= 0.3 is 5.97 Å². The summed E-state index contributed by atoms with van der Waals surface area (Å²) in [6, 6.07) is 7.63. The fraction of sp³-hybridized carbons (Fsp3) is 0.143. The van der Waals surface area contributed by atoms with Gasteiger partial charge in [-0.25, -0.2) is 9.78 Å². The second-order valence-electron chi connectivity index (χ2n) is 4.21. The minimum absolute atomic E-state index is 0.102. The van der Waals surface area contributed by atoms with Crippen molar-refractivity contribution in [2.45, 2.75) is 13.8 Å². The number of hydrogen-bond acceptors (Lipinski definition) is 3. The molecule has 0 radical (unpaired) electrons. The summed E-state index contributed by atoms with van der Waals surface area (Å²) in [7, 11) is 0. The van der Waals surface area contributed by atoms with Gasteiger partial charge in [-0.05, 0) is 25.5 Å². The van der Waals surface area contributed by atoms with Gasteiger partial charge in [0, 0.05) is 17.4 Å². The van der Waals surface area contributed by atoms with Crippen LogP contribution >= 0.6 is 11.6 Å². The highest BCUT2D eigenvalue weighted by atomic mass is 35.5. The number of aryl methyl sites for hydroxylation is 1. The standard InChI is InChI=1S/C14H13ClN2O2/c1-8-5-3-4-6-11(8)17-12-9(2)13(15)16-7-10(12)14(18)19/h3-7H,1-2H3,(H,16,17)(H,18,19). The van der Waals surface area contributed by atoms with Crippen molar-refractivity contribution in [3.05, 3.63) is 52.3 Å².